The first-order chi connectivity index (χ1) is 14.3. The highest BCUT2D eigenvalue weighted by Crippen LogP contribution is 2.28. The molecule has 0 fully saturated rings. The zero-order valence-electron chi connectivity index (χ0n) is 16.6. The van der Waals surface area contributed by atoms with E-state index in [2.05, 4.69) is 51.9 Å². The molecular formula is C24H26N4S. The normalized spacial score (nSPS) is 11.7. The first-order valence-electron chi connectivity index (χ1n) is 9.55. The number of hydrogen-bond donors (Lipinski definition) is 2. The largest absolute Gasteiger partial charge is 0.398 e. The zero-order chi connectivity index (χ0) is 20.3. The van der Waals surface area contributed by atoms with Gasteiger partial charge in [-0.1, -0.05) is 42.5 Å². The number of aliphatic imine (C=N–C) groups is 1. The molecule has 3 aromatic rings. The Morgan fingerprint density at radius 1 is 1.10 bits per heavy atom. The average Bonchev–Trinajstić information content (AvgIpc) is 2.78. The maximum absolute atomic E-state index is 6.44. The van der Waals surface area contributed by atoms with Crippen LogP contribution in [-0.2, 0) is 6.54 Å². The van der Waals surface area contributed by atoms with Gasteiger partial charge in [0.25, 0.3) is 0 Å². The van der Waals surface area contributed by atoms with Gasteiger partial charge >= 0.3 is 0 Å². The Kier molecular flexibility index (Phi) is 7.90. The summed E-state index contributed by atoms with van der Waals surface area (Å²) in [5, 5.41) is 3.50. The minimum absolute atomic E-state index is 0.584. The van der Waals surface area contributed by atoms with E-state index < -0.39 is 0 Å². The summed E-state index contributed by atoms with van der Waals surface area (Å²) in [6.45, 7) is 1.47. The molecule has 1 heterocycles. The van der Waals surface area contributed by atoms with Crippen molar-refractivity contribution >= 4 is 29.4 Å². The second-order valence-corrected chi connectivity index (χ2v) is 7.50. The minimum atomic E-state index is 0.584. The van der Waals surface area contributed by atoms with Crippen LogP contribution in [0, 0.1) is 0 Å². The van der Waals surface area contributed by atoms with Gasteiger partial charge in [0.05, 0.1) is 6.54 Å². The Hall–Kier alpha value is -3.05. The Bertz CT molecular complexity index is 953. The van der Waals surface area contributed by atoms with Gasteiger partial charge in [0.15, 0.2) is 0 Å². The Morgan fingerprint density at radius 3 is 2.72 bits per heavy atom. The highest BCUT2D eigenvalue weighted by atomic mass is 32.2. The zero-order valence-corrected chi connectivity index (χ0v) is 17.4. The molecular weight excluding hydrogens is 376 g/mol. The molecule has 3 N–H and O–H groups in total. The summed E-state index contributed by atoms with van der Waals surface area (Å²) in [6, 6.07) is 20.6. The molecule has 0 aliphatic carbocycles. The first-order valence-corrected chi connectivity index (χ1v) is 10.9. The summed E-state index contributed by atoms with van der Waals surface area (Å²) in [5.41, 5.74) is 12.5. The summed E-state index contributed by atoms with van der Waals surface area (Å²) in [4.78, 5) is 8.56. The average molecular weight is 403 g/mol. The lowest BCUT2D eigenvalue weighted by Crippen LogP contribution is -2.08. The third kappa shape index (κ3) is 6.22. The molecule has 0 spiro atoms. The van der Waals surface area contributed by atoms with Gasteiger partial charge in [-0.25, -0.2) is 0 Å². The number of nitrogens with zero attached hydrogens (tertiary/aromatic N) is 2. The summed E-state index contributed by atoms with van der Waals surface area (Å²) in [5.74, 6) is 1.04. The number of anilines is 1. The monoisotopic (exact) mass is 402 g/mol. The van der Waals surface area contributed by atoms with Crippen molar-refractivity contribution in [2.45, 2.75) is 6.54 Å². The van der Waals surface area contributed by atoms with E-state index in [0.29, 0.717) is 12.2 Å². The number of hydrogen-bond acceptors (Lipinski definition) is 5. The van der Waals surface area contributed by atoms with Crippen molar-refractivity contribution in [2.24, 2.45) is 10.7 Å². The number of rotatable bonds is 9. The predicted octanol–water partition coefficient (Wildman–Crippen LogP) is 5.09. The summed E-state index contributed by atoms with van der Waals surface area (Å²) in [6.07, 6.45) is 9.31. The van der Waals surface area contributed by atoms with Crippen molar-refractivity contribution in [1.82, 2.24) is 4.98 Å². The number of pyridine rings is 1. The lowest BCUT2D eigenvalue weighted by Gasteiger charge is -2.14. The predicted molar refractivity (Wildman–Crippen MR) is 127 cm³/mol. The first kappa shape index (κ1) is 20.7. The van der Waals surface area contributed by atoms with Crippen LogP contribution in [0.5, 0.6) is 0 Å². The van der Waals surface area contributed by atoms with Crippen LogP contribution in [0.2, 0.25) is 0 Å². The lowest BCUT2D eigenvalue weighted by atomic mass is 10.00. The van der Waals surface area contributed by atoms with E-state index in [4.69, 9.17) is 5.73 Å². The molecule has 0 atom stereocenters. The molecule has 0 radical (unpaired) electrons. The van der Waals surface area contributed by atoms with E-state index in [1.165, 1.54) is 5.56 Å². The molecule has 5 heteroatoms. The molecule has 0 saturated carbocycles. The Labute approximate surface area is 177 Å². The minimum Gasteiger partial charge on any atom is -0.398 e. The SMILES string of the molecule is CSCCNc1ccc(-c2ccccc2)cc1C(N)=CC=NCc1cccnc1. The lowest BCUT2D eigenvalue weighted by molar-refractivity contribution is 1.05. The fraction of sp³-hybridized carbons (Fsp3) is 0.167. The van der Waals surface area contributed by atoms with Crippen molar-refractivity contribution in [2.75, 3.05) is 23.9 Å². The molecule has 1 aromatic heterocycles. The van der Waals surface area contributed by atoms with Crippen molar-refractivity contribution in [3.05, 3.63) is 90.3 Å². The molecule has 0 amide bonds. The van der Waals surface area contributed by atoms with Gasteiger partial charge in [0.1, 0.15) is 0 Å². The maximum Gasteiger partial charge on any atom is 0.0654 e. The van der Waals surface area contributed by atoms with E-state index in [-0.39, 0.29) is 0 Å². The molecule has 0 saturated heterocycles. The maximum atomic E-state index is 6.44. The van der Waals surface area contributed by atoms with E-state index in [1.54, 1.807) is 12.4 Å². The van der Waals surface area contributed by atoms with Gasteiger partial charge in [-0.05, 0) is 47.2 Å². The third-order valence-electron chi connectivity index (χ3n) is 4.42. The Morgan fingerprint density at radius 2 is 1.97 bits per heavy atom. The van der Waals surface area contributed by atoms with Crippen LogP contribution >= 0.6 is 11.8 Å². The molecule has 0 aliphatic heterocycles. The second kappa shape index (κ2) is 11.1. The second-order valence-electron chi connectivity index (χ2n) is 6.52. The highest BCUT2D eigenvalue weighted by molar-refractivity contribution is 7.98. The van der Waals surface area contributed by atoms with Crippen LogP contribution in [0.3, 0.4) is 0 Å². The fourth-order valence-corrected chi connectivity index (χ4v) is 3.21. The number of nitrogens with two attached hydrogens (primary N) is 1. The van der Waals surface area contributed by atoms with Gasteiger partial charge in [-0.3, -0.25) is 9.98 Å². The molecule has 148 valence electrons. The van der Waals surface area contributed by atoms with E-state index in [0.717, 1.165) is 34.7 Å². The van der Waals surface area contributed by atoms with Crippen molar-refractivity contribution < 1.29 is 0 Å². The highest BCUT2D eigenvalue weighted by Gasteiger charge is 2.07. The molecule has 0 aliphatic rings. The molecule has 3 rings (SSSR count). The third-order valence-corrected chi connectivity index (χ3v) is 5.03. The summed E-state index contributed by atoms with van der Waals surface area (Å²) < 4.78 is 0. The van der Waals surface area contributed by atoms with Crippen LogP contribution in [0.1, 0.15) is 11.1 Å². The standard InChI is InChI=1S/C24H26N4S/c1-29-15-14-28-24-10-9-21(20-7-3-2-4-8-20)16-22(24)23(25)11-13-27-18-19-6-5-12-26-17-19/h2-13,16-17,28H,14-15,18,25H2,1H3. The van der Waals surface area contributed by atoms with Crippen LogP contribution in [0.15, 0.2) is 84.1 Å². The smallest absolute Gasteiger partial charge is 0.0654 e. The van der Waals surface area contributed by atoms with Crippen LogP contribution in [0.4, 0.5) is 5.69 Å². The molecule has 29 heavy (non-hydrogen) atoms. The van der Waals surface area contributed by atoms with Crippen LogP contribution in [0.25, 0.3) is 16.8 Å². The number of allylic oxidation sites excluding steroid dienone is 1. The summed E-state index contributed by atoms with van der Waals surface area (Å²) >= 11 is 1.82. The van der Waals surface area contributed by atoms with Gasteiger partial charge in [0, 0.05) is 47.9 Å². The fourth-order valence-electron chi connectivity index (χ4n) is 2.91. The van der Waals surface area contributed by atoms with Gasteiger partial charge in [0.2, 0.25) is 0 Å². The Balaban J connectivity index is 1.82. The quantitative estimate of drug-likeness (QED) is 0.386. The number of nitrogens with one attached hydrogen (secondary N) is 1. The van der Waals surface area contributed by atoms with Gasteiger partial charge in [-0.2, -0.15) is 11.8 Å². The van der Waals surface area contributed by atoms with Crippen molar-refractivity contribution in [3.63, 3.8) is 0 Å². The van der Waals surface area contributed by atoms with Gasteiger partial charge < -0.3 is 11.1 Å². The van der Waals surface area contributed by atoms with Crippen molar-refractivity contribution in [1.29, 1.82) is 0 Å². The topological polar surface area (TPSA) is 63.3 Å². The van der Waals surface area contributed by atoms with E-state index in [9.17, 15) is 0 Å². The summed E-state index contributed by atoms with van der Waals surface area (Å²) in [7, 11) is 0. The molecule has 0 unspecified atom stereocenters. The van der Waals surface area contributed by atoms with E-state index in [1.807, 2.05) is 54.4 Å². The van der Waals surface area contributed by atoms with Crippen LogP contribution in [-0.4, -0.2) is 29.8 Å². The van der Waals surface area contributed by atoms with Crippen molar-refractivity contribution in [3.8, 4) is 11.1 Å². The molecule has 2 aromatic carbocycles. The van der Waals surface area contributed by atoms with Crippen LogP contribution < -0.4 is 11.1 Å². The number of benzene rings is 2. The molecule has 4 nitrogen and oxygen atoms in total. The number of aromatic nitrogens is 1. The number of thioether (sulfide) groups is 1. The molecule has 0 bridgehead atoms. The van der Waals surface area contributed by atoms with Gasteiger partial charge in [-0.15, -0.1) is 0 Å². The van der Waals surface area contributed by atoms with E-state index >= 15 is 0 Å².